The van der Waals surface area contributed by atoms with Crippen LogP contribution in [-0.4, -0.2) is 37.4 Å². The Morgan fingerprint density at radius 3 is 2.67 bits per heavy atom. The van der Waals surface area contributed by atoms with Gasteiger partial charge in [-0.25, -0.2) is 10.1 Å². The first kappa shape index (κ1) is 19.8. The molecular formula is C21H14N8O4. The summed E-state index contributed by atoms with van der Waals surface area (Å²) >= 11 is 0. The Balaban J connectivity index is 1.47. The number of rotatable bonds is 5. The molecule has 33 heavy (non-hydrogen) atoms. The highest BCUT2D eigenvalue weighted by molar-refractivity contribution is 5.99. The van der Waals surface area contributed by atoms with Crippen molar-refractivity contribution in [3.05, 3.63) is 82.3 Å². The molecule has 0 aliphatic carbocycles. The van der Waals surface area contributed by atoms with E-state index in [-0.39, 0.29) is 28.3 Å². The number of para-hydroxylation sites is 1. The summed E-state index contributed by atoms with van der Waals surface area (Å²) < 4.78 is 11.3. The molecule has 5 rings (SSSR count). The van der Waals surface area contributed by atoms with Crippen LogP contribution in [0.3, 0.4) is 0 Å². The molecule has 3 heterocycles. The molecule has 0 saturated heterocycles. The van der Waals surface area contributed by atoms with E-state index in [1.165, 1.54) is 17.2 Å². The number of carbonyl (C=O) groups is 1. The Labute approximate surface area is 184 Å². The monoisotopic (exact) mass is 442 g/mol. The van der Waals surface area contributed by atoms with Crippen LogP contribution in [0.4, 0.5) is 5.82 Å². The van der Waals surface area contributed by atoms with Crippen LogP contribution in [0.1, 0.15) is 16.1 Å². The average Bonchev–Trinajstić information content (AvgIpc) is 3.47. The molecular weight excluding hydrogens is 428 g/mol. The van der Waals surface area contributed by atoms with Gasteiger partial charge in [0.1, 0.15) is 17.5 Å². The summed E-state index contributed by atoms with van der Waals surface area (Å²) in [7, 11) is 0. The second kappa shape index (κ2) is 8.19. The van der Waals surface area contributed by atoms with Gasteiger partial charge in [-0.05, 0) is 22.4 Å². The molecule has 1 amide bonds. The van der Waals surface area contributed by atoms with Gasteiger partial charge in [0.2, 0.25) is 17.1 Å². The number of carbonyl (C=O) groups excluding carboxylic acids is 1. The molecule has 162 valence electrons. The number of fused-ring (bicyclic) bond motifs is 1. The van der Waals surface area contributed by atoms with Crippen LogP contribution in [-0.2, 0) is 0 Å². The van der Waals surface area contributed by atoms with Gasteiger partial charge in [-0.15, -0.1) is 5.10 Å². The summed E-state index contributed by atoms with van der Waals surface area (Å²) in [5, 5.41) is 19.5. The maximum Gasteiger partial charge on any atom is 0.294 e. The van der Waals surface area contributed by atoms with Gasteiger partial charge in [0.15, 0.2) is 5.69 Å². The van der Waals surface area contributed by atoms with Gasteiger partial charge < -0.3 is 10.2 Å². The van der Waals surface area contributed by atoms with E-state index in [0.717, 1.165) is 0 Å². The lowest BCUT2D eigenvalue weighted by Crippen LogP contribution is -2.20. The zero-order valence-corrected chi connectivity index (χ0v) is 16.7. The minimum Gasteiger partial charge on any atom is -0.463 e. The third kappa shape index (κ3) is 3.61. The van der Waals surface area contributed by atoms with Crippen LogP contribution in [0.15, 0.2) is 79.8 Å². The Bertz CT molecular complexity index is 1550. The number of nitrogens with one attached hydrogen (secondary N) is 1. The van der Waals surface area contributed by atoms with E-state index < -0.39 is 5.91 Å². The second-order valence-electron chi connectivity index (χ2n) is 6.75. The van der Waals surface area contributed by atoms with Crippen LogP contribution in [0.5, 0.6) is 0 Å². The molecule has 0 radical (unpaired) electrons. The first-order valence-electron chi connectivity index (χ1n) is 9.57. The smallest absolute Gasteiger partial charge is 0.294 e. The van der Waals surface area contributed by atoms with E-state index in [9.17, 15) is 9.59 Å². The molecule has 0 unspecified atom stereocenters. The van der Waals surface area contributed by atoms with Crippen molar-refractivity contribution in [2.24, 2.45) is 5.10 Å². The second-order valence-corrected chi connectivity index (χ2v) is 6.75. The van der Waals surface area contributed by atoms with Crippen LogP contribution < -0.4 is 16.6 Å². The standard InChI is InChI=1S/C21H14N8O4/c22-19-20(27-33-26-19)29-17(12-6-2-1-3-7-12)16(24-28-29)21(31)25-23-10-13-11-32-15-9-5-4-8-14(15)18(13)30/h1-11H,(H2,22,26)(H,25,31). The molecule has 0 spiro atoms. The summed E-state index contributed by atoms with van der Waals surface area (Å²) in [5.41, 5.74) is 9.35. The van der Waals surface area contributed by atoms with E-state index in [1.807, 2.05) is 6.07 Å². The van der Waals surface area contributed by atoms with E-state index in [4.69, 9.17) is 10.2 Å². The normalized spacial score (nSPS) is 11.3. The molecule has 0 aliphatic heterocycles. The van der Waals surface area contributed by atoms with Crippen LogP contribution in [0, 0.1) is 0 Å². The summed E-state index contributed by atoms with van der Waals surface area (Å²) in [4.78, 5) is 25.4. The lowest BCUT2D eigenvalue weighted by Gasteiger charge is -2.05. The Morgan fingerprint density at radius 1 is 1.09 bits per heavy atom. The predicted molar refractivity (Wildman–Crippen MR) is 117 cm³/mol. The zero-order valence-electron chi connectivity index (χ0n) is 16.7. The number of amides is 1. The number of nitrogen functional groups attached to an aromatic ring is 1. The van der Waals surface area contributed by atoms with E-state index in [1.54, 1.807) is 48.5 Å². The zero-order chi connectivity index (χ0) is 22.8. The third-order valence-electron chi connectivity index (χ3n) is 4.71. The van der Waals surface area contributed by atoms with Gasteiger partial charge in [-0.3, -0.25) is 9.59 Å². The van der Waals surface area contributed by atoms with Crippen molar-refractivity contribution >= 4 is 28.9 Å². The molecule has 0 bridgehead atoms. The lowest BCUT2D eigenvalue weighted by atomic mass is 10.1. The van der Waals surface area contributed by atoms with E-state index in [0.29, 0.717) is 22.2 Å². The highest BCUT2D eigenvalue weighted by Gasteiger charge is 2.25. The van der Waals surface area contributed by atoms with Crippen molar-refractivity contribution in [1.29, 1.82) is 0 Å². The Kier molecular flexibility index (Phi) is 4.91. The molecule has 12 heteroatoms. The molecule has 3 aromatic heterocycles. The molecule has 0 fully saturated rings. The number of hydrazone groups is 1. The first-order chi connectivity index (χ1) is 16.1. The van der Waals surface area contributed by atoms with Gasteiger partial charge in [-0.1, -0.05) is 47.7 Å². The fourth-order valence-corrected chi connectivity index (χ4v) is 3.17. The van der Waals surface area contributed by atoms with Crippen molar-refractivity contribution in [2.75, 3.05) is 5.73 Å². The number of aromatic nitrogens is 5. The van der Waals surface area contributed by atoms with Crippen LogP contribution in [0.2, 0.25) is 0 Å². The topological polar surface area (TPSA) is 167 Å². The summed E-state index contributed by atoms with van der Waals surface area (Å²) in [5.74, 6) is -0.612. The molecule has 0 aliphatic rings. The molecule has 0 saturated carbocycles. The fourth-order valence-electron chi connectivity index (χ4n) is 3.17. The number of nitrogens with two attached hydrogens (primary N) is 1. The average molecular weight is 442 g/mol. The van der Waals surface area contributed by atoms with Gasteiger partial charge >= 0.3 is 0 Å². The maximum absolute atomic E-state index is 12.9. The van der Waals surface area contributed by atoms with Gasteiger partial charge in [0.25, 0.3) is 5.91 Å². The number of benzene rings is 2. The molecule has 0 atom stereocenters. The number of nitrogens with zero attached hydrogens (tertiary/aromatic N) is 6. The minimum atomic E-state index is -0.670. The van der Waals surface area contributed by atoms with Crippen molar-refractivity contribution in [1.82, 2.24) is 30.7 Å². The number of hydrogen-bond donors (Lipinski definition) is 2. The van der Waals surface area contributed by atoms with Gasteiger partial charge in [-0.2, -0.15) is 9.78 Å². The van der Waals surface area contributed by atoms with Crippen LogP contribution in [0.25, 0.3) is 28.0 Å². The third-order valence-corrected chi connectivity index (χ3v) is 4.71. The summed E-state index contributed by atoms with van der Waals surface area (Å²) in [6.07, 6.45) is 2.47. The predicted octanol–water partition coefficient (Wildman–Crippen LogP) is 1.77. The summed E-state index contributed by atoms with van der Waals surface area (Å²) in [6, 6.07) is 15.7. The lowest BCUT2D eigenvalue weighted by molar-refractivity contribution is 0.0950. The quantitative estimate of drug-likeness (QED) is 0.304. The first-order valence-corrected chi connectivity index (χ1v) is 9.57. The van der Waals surface area contributed by atoms with Gasteiger partial charge in [0, 0.05) is 5.56 Å². The highest BCUT2D eigenvalue weighted by atomic mass is 16.6. The highest BCUT2D eigenvalue weighted by Crippen LogP contribution is 2.26. The fraction of sp³-hybridized carbons (Fsp3) is 0. The van der Waals surface area contributed by atoms with E-state index >= 15 is 0 Å². The number of hydrogen-bond acceptors (Lipinski definition) is 10. The molecule has 3 N–H and O–H groups in total. The minimum absolute atomic E-state index is 0.0231. The maximum atomic E-state index is 12.9. The van der Waals surface area contributed by atoms with Crippen molar-refractivity contribution in [3.8, 4) is 17.1 Å². The number of anilines is 1. The Morgan fingerprint density at radius 2 is 1.88 bits per heavy atom. The SMILES string of the molecule is Nc1nonc1-n1nnc(C(=O)NN=Cc2coc3ccccc3c2=O)c1-c1ccccc1. The van der Waals surface area contributed by atoms with Crippen molar-refractivity contribution in [3.63, 3.8) is 0 Å². The molecule has 5 aromatic rings. The van der Waals surface area contributed by atoms with Crippen molar-refractivity contribution in [2.45, 2.75) is 0 Å². The van der Waals surface area contributed by atoms with E-state index in [2.05, 4.69) is 35.8 Å². The van der Waals surface area contributed by atoms with Crippen molar-refractivity contribution < 1.29 is 13.8 Å². The largest absolute Gasteiger partial charge is 0.463 e. The van der Waals surface area contributed by atoms with Gasteiger partial charge in [0.05, 0.1) is 17.2 Å². The molecule has 2 aromatic carbocycles. The molecule has 12 nitrogen and oxygen atoms in total. The van der Waals surface area contributed by atoms with Crippen LogP contribution >= 0.6 is 0 Å². The Hall–Kier alpha value is -5.13. The summed E-state index contributed by atoms with van der Waals surface area (Å²) in [6.45, 7) is 0.